The minimum Gasteiger partial charge on any atom is -0.322 e. The van der Waals surface area contributed by atoms with Gasteiger partial charge < -0.3 is 5.32 Å². The number of carbonyl (C=O) groups is 2. The highest BCUT2D eigenvalue weighted by Gasteiger charge is 2.15. The van der Waals surface area contributed by atoms with Gasteiger partial charge in [-0.25, -0.2) is 9.97 Å². The van der Waals surface area contributed by atoms with E-state index in [0.717, 1.165) is 16.9 Å². The molecule has 0 bridgehead atoms. The van der Waals surface area contributed by atoms with Gasteiger partial charge >= 0.3 is 0 Å². The molecule has 2 aromatic heterocycles. The third-order valence-corrected chi connectivity index (χ3v) is 5.86. The summed E-state index contributed by atoms with van der Waals surface area (Å²) in [5, 5.41) is 8.10. The number of hydrogen-bond acceptors (Lipinski definition) is 5. The average Bonchev–Trinajstić information content (AvgIpc) is 3.56. The van der Waals surface area contributed by atoms with Crippen molar-refractivity contribution in [1.82, 2.24) is 14.5 Å². The highest BCUT2D eigenvalue weighted by Crippen LogP contribution is 2.26. The molecule has 0 aliphatic carbocycles. The van der Waals surface area contributed by atoms with Crippen LogP contribution in [0.15, 0.2) is 103 Å². The number of rotatable bonds is 6. The van der Waals surface area contributed by atoms with Crippen LogP contribution in [0.2, 0.25) is 0 Å². The molecule has 166 valence electrons. The molecule has 2 N–H and O–H groups in total. The highest BCUT2D eigenvalue weighted by atomic mass is 32.1. The summed E-state index contributed by atoms with van der Waals surface area (Å²) in [6.45, 7) is 0. The van der Waals surface area contributed by atoms with Crippen molar-refractivity contribution in [2.45, 2.75) is 0 Å². The van der Waals surface area contributed by atoms with Gasteiger partial charge in [0.15, 0.2) is 5.13 Å². The molecular formula is C26H19N5O2S. The zero-order valence-corrected chi connectivity index (χ0v) is 18.7. The van der Waals surface area contributed by atoms with Crippen LogP contribution in [0.1, 0.15) is 20.8 Å². The fourth-order valence-electron chi connectivity index (χ4n) is 3.40. The van der Waals surface area contributed by atoms with Crippen LogP contribution in [-0.4, -0.2) is 26.3 Å². The minimum absolute atomic E-state index is 0.165. The number of para-hydroxylation sites is 1. The summed E-state index contributed by atoms with van der Waals surface area (Å²) in [5.74, 6) is -0.456. The van der Waals surface area contributed by atoms with Crippen LogP contribution in [0.4, 0.5) is 10.8 Å². The second kappa shape index (κ2) is 9.51. The molecule has 0 aliphatic rings. The number of nitrogens with zero attached hydrogens (tertiary/aromatic N) is 3. The first-order valence-corrected chi connectivity index (χ1v) is 11.4. The van der Waals surface area contributed by atoms with Crippen molar-refractivity contribution in [1.29, 1.82) is 0 Å². The van der Waals surface area contributed by atoms with E-state index < -0.39 is 0 Å². The quantitative estimate of drug-likeness (QED) is 0.347. The Bertz CT molecular complexity index is 1430. The number of anilines is 2. The van der Waals surface area contributed by atoms with Crippen LogP contribution in [0.25, 0.3) is 16.9 Å². The van der Waals surface area contributed by atoms with Crippen molar-refractivity contribution in [2.75, 3.05) is 10.6 Å². The Hall–Kier alpha value is -4.56. The normalized spacial score (nSPS) is 10.6. The van der Waals surface area contributed by atoms with Gasteiger partial charge in [-0.1, -0.05) is 48.5 Å². The lowest BCUT2D eigenvalue weighted by atomic mass is 10.1. The molecule has 0 unspecified atom stereocenters. The predicted molar refractivity (Wildman–Crippen MR) is 133 cm³/mol. The van der Waals surface area contributed by atoms with Crippen molar-refractivity contribution in [2.24, 2.45) is 0 Å². The van der Waals surface area contributed by atoms with Gasteiger partial charge in [-0.05, 0) is 36.4 Å². The Labute approximate surface area is 199 Å². The van der Waals surface area contributed by atoms with Gasteiger partial charge in [-0.3, -0.25) is 19.5 Å². The van der Waals surface area contributed by atoms with E-state index >= 15 is 0 Å². The number of amides is 2. The molecule has 7 nitrogen and oxygen atoms in total. The Kier molecular flexibility index (Phi) is 5.96. The molecule has 0 saturated heterocycles. The third-order valence-electron chi connectivity index (χ3n) is 5.10. The molecule has 0 radical (unpaired) electrons. The van der Waals surface area contributed by atoms with Crippen LogP contribution in [0.3, 0.4) is 0 Å². The molecule has 8 heteroatoms. The second-order valence-electron chi connectivity index (χ2n) is 7.37. The number of nitrogens with one attached hydrogen (secondary N) is 2. The molecule has 0 atom stereocenters. The van der Waals surface area contributed by atoms with E-state index in [-0.39, 0.29) is 11.8 Å². The molecule has 2 amide bonds. The molecule has 3 aromatic carbocycles. The fourth-order valence-corrected chi connectivity index (χ4v) is 4.11. The van der Waals surface area contributed by atoms with E-state index in [9.17, 15) is 9.59 Å². The zero-order chi connectivity index (χ0) is 23.3. The maximum Gasteiger partial charge on any atom is 0.276 e. The van der Waals surface area contributed by atoms with Gasteiger partial charge in [0.25, 0.3) is 11.8 Å². The summed E-state index contributed by atoms with van der Waals surface area (Å²) in [4.78, 5) is 33.8. The van der Waals surface area contributed by atoms with Gasteiger partial charge in [0.2, 0.25) is 0 Å². The fraction of sp³-hybridized carbons (Fsp3) is 0. The van der Waals surface area contributed by atoms with Crippen LogP contribution in [0, 0.1) is 0 Å². The summed E-state index contributed by atoms with van der Waals surface area (Å²) < 4.78 is 1.73. The lowest BCUT2D eigenvalue weighted by Gasteiger charge is -2.07. The van der Waals surface area contributed by atoms with Crippen molar-refractivity contribution >= 4 is 34.0 Å². The van der Waals surface area contributed by atoms with E-state index in [4.69, 9.17) is 0 Å². The first-order chi connectivity index (χ1) is 16.7. The van der Waals surface area contributed by atoms with Crippen LogP contribution in [0.5, 0.6) is 0 Å². The van der Waals surface area contributed by atoms with E-state index in [1.165, 1.54) is 17.5 Å². The second-order valence-corrected chi connectivity index (χ2v) is 8.23. The SMILES string of the molecule is O=C(Nc1ccc(-c2csc(NC(=O)c3cncn3-c3ccccc3)n2)cc1)c1ccccc1. The molecular weight excluding hydrogens is 446 g/mol. The number of carbonyl (C=O) groups excluding carboxylic acids is 2. The number of aromatic nitrogens is 3. The molecule has 0 saturated carbocycles. The Balaban J connectivity index is 1.26. The Morgan fingerprint density at radius 2 is 1.50 bits per heavy atom. The average molecular weight is 466 g/mol. The summed E-state index contributed by atoms with van der Waals surface area (Å²) in [6, 6.07) is 26.0. The van der Waals surface area contributed by atoms with Crippen LogP contribution in [-0.2, 0) is 0 Å². The molecule has 0 spiro atoms. The summed E-state index contributed by atoms with van der Waals surface area (Å²) in [7, 11) is 0. The topological polar surface area (TPSA) is 88.9 Å². The number of benzene rings is 3. The smallest absolute Gasteiger partial charge is 0.276 e. The number of hydrogen-bond donors (Lipinski definition) is 2. The van der Waals surface area contributed by atoms with Crippen molar-refractivity contribution in [3.8, 4) is 16.9 Å². The Morgan fingerprint density at radius 1 is 0.794 bits per heavy atom. The molecule has 5 aromatic rings. The molecule has 0 fully saturated rings. The van der Waals surface area contributed by atoms with Crippen LogP contribution < -0.4 is 10.6 Å². The lowest BCUT2D eigenvalue weighted by Crippen LogP contribution is -2.15. The molecule has 0 aliphatic heterocycles. The van der Waals surface area contributed by atoms with E-state index in [2.05, 4.69) is 20.6 Å². The van der Waals surface area contributed by atoms with Gasteiger partial charge in [0, 0.05) is 27.9 Å². The molecule has 5 rings (SSSR count). The largest absolute Gasteiger partial charge is 0.322 e. The maximum absolute atomic E-state index is 12.8. The monoisotopic (exact) mass is 465 g/mol. The highest BCUT2D eigenvalue weighted by molar-refractivity contribution is 7.14. The van der Waals surface area contributed by atoms with Gasteiger partial charge in [0.1, 0.15) is 5.69 Å². The van der Waals surface area contributed by atoms with Crippen molar-refractivity contribution in [3.63, 3.8) is 0 Å². The van der Waals surface area contributed by atoms with Gasteiger partial charge in [0.05, 0.1) is 18.2 Å². The van der Waals surface area contributed by atoms with E-state index in [1.807, 2.05) is 78.2 Å². The summed E-state index contributed by atoms with van der Waals surface area (Å²) in [5.41, 5.74) is 4.17. The van der Waals surface area contributed by atoms with Crippen molar-refractivity contribution < 1.29 is 9.59 Å². The first-order valence-electron chi connectivity index (χ1n) is 10.5. The third kappa shape index (κ3) is 4.62. The minimum atomic E-state index is -0.291. The predicted octanol–water partition coefficient (Wildman–Crippen LogP) is 5.50. The maximum atomic E-state index is 12.8. The Morgan fingerprint density at radius 3 is 2.24 bits per heavy atom. The molecule has 2 heterocycles. The summed E-state index contributed by atoms with van der Waals surface area (Å²) >= 11 is 1.34. The zero-order valence-electron chi connectivity index (χ0n) is 17.9. The van der Waals surface area contributed by atoms with Crippen LogP contribution >= 0.6 is 11.3 Å². The molecule has 34 heavy (non-hydrogen) atoms. The van der Waals surface area contributed by atoms with Gasteiger partial charge in [-0.15, -0.1) is 11.3 Å². The standard InChI is InChI=1S/C26H19N5O2S/c32-24(19-7-3-1-4-8-19)28-20-13-11-18(12-14-20)22-16-34-26(29-22)30-25(33)23-15-27-17-31(23)21-9-5-2-6-10-21/h1-17H,(H,28,32)(H,29,30,33). The van der Waals surface area contributed by atoms with E-state index in [0.29, 0.717) is 22.1 Å². The summed E-state index contributed by atoms with van der Waals surface area (Å²) in [6.07, 6.45) is 3.13. The first kappa shape index (κ1) is 21.3. The van der Waals surface area contributed by atoms with Gasteiger partial charge in [-0.2, -0.15) is 0 Å². The lowest BCUT2D eigenvalue weighted by molar-refractivity contribution is 0.101. The number of thiazole rings is 1. The number of imidazole rings is 1. The van der Waals surface area contributed by atoms with Crippen molar-refractivity contribution in [3.05, 3.63) is 114 Å². The van der Waals surface area contributed by atoms with E-state index in [1.54, 1.807) is 23.0 Å².